The Kier molecular flexibility index (Phi) is 15.5. The van der Waals surface area contributed by atoms with E-state index < -0.39 is 0 Å². The van der Waals surface area contributed by atoms with E-state index in [0.717, 1.165) is 18.3 Å². The zero-order valence-corrected chi connectivity index (χ0v) is 56.3. The molecule has 0 radical (unpaired) electrons. The summed E-state index contributed by atoms with van der Waals surface area (Å²) >= 11 is 0. The highest BCUT2D eigenvalue weighted by Crippen LogP contribution is 2.73. The molecule has 22 atom stereocenters. The van der Waals surface area contributed by atoms with Gasteiger partial charge in [-0.1, -0.05) is 192 Å². The van der Waals surface area contributed by atoms with Crippen LogP contribution in [0, 0.1) is 75.4 Å². The van der Waals surface area contributed by atoms with E-state index >= 15 is 0 Å². The molecule has 0 amide bonds. The number of fused-ring (bicyclic) bond motifs is 8. The number of likely N-dealkylation sites (tertiary alicyclic amines) is 1. The van der Waals surface area contributed by atoms with Crippen LogP contribution in [0.15, 0.2) is 167 Å². The van der Waals surface area contributed by atoms with E-state index in [0.29, 0.717) is 125 Å². The molecule has 3 heterocycles. The minimum absolute atomic E-state index is 0.210. The number of hydrogen-bond donors (Lipinski definition) is 0. The van der Waals surface area contributed by atoms with Crippen LogP contribution >= 0.6 is 0 Å². The molecule has 3 saturated heterocycles. The van der Waals surface area contributed by atoms with Crippen molar-refractivity contribution in [3.63, 3.8) is 0 Å². The number of nitrogens with zero attached hydrogens (tertiary/aromatic N) is 3. The van der Waals surface area contributed by atoms with Crippen molar-refractivity contribution in [2.75, 3.05) is 0 Å². The average Bonchev–Trinajstić information content (AvgIpc) is 1.90. The van der Waals surface area contributed by atoms with Crippen LogP contribution in [-0.2, 0) is 0 Å². The van der Waals surface area contributed by atoms with Crippen molar-refractivity contribution >= 4 is 6.71 Å². The molecule has 0 spiro atoms. The molecule has 0 aromatic carbocycles. The largest absolute Gasteiger partial charge is 0.289 e. The fraction of sp³-hybridized carbons (Fsp3) is 0.671. The molecule has 17 aliphatic rings. The van der Waals surface area contributed by atoms with Gasteiger partial charge in [-0.2, -0.15) is 0 Å². The van der Waals surface area contributed by atoms with Gasteiger partial charge in [-0.05, 0) is 259 Å². The second-order valence-corrected chi connectivity index (χ2v) is 35.3. The van der Waals surface area contributed by atoms with E-state index in [9.17, 15) is 0 Å². The first-order valence-electron chi connectivity index (χ1n) is 38.3. The van der Waals surface area contributed by atoms with E-state index in [1.165, 1.54) is 167 Å². The smallest absolute Gasteiger partial charge is 0.187 e. The van der Waals surface area contributed by atoms with Crippen molar-refractivity contribution in [3.05, 3.63) is 167 Å². The maximum absolute atomic E-state index is 3.66. The Bertz CT molecular complexity index is 3200. The van der Waals surface area contributed by atoms with Crippen molar-refractivity contribution in [2.45, 2.75) is 281 Å². The van der Waals surface area contributed by atoms with Crippen molar-refractivity contribution < 1.29 is 0 Å². The van der Waals surface area contributed by atoms with Gasteiger partial charge >= 0.3 is 0 Å². The van der Waals surface area contributed by atoms with Crippen LogP contribution < -0.4 is 0 Å². The van der Waals surface area contributed by atoms with Gasteiger partial charge in [0.1, 0.15) is 0 Å². The average molecular weight is 1190 g/mol. The first-order valence-corrected chi connectivity index (χ1v) is 38.3. The van der Waals surface area contributed by atoms with Gasteiger partial charge in [0, 0.05) is 72.1 Å². The molecular weight excluding hydrogens is 1070 g/mol. The molecular formula is C85H114BN3. The molecule has 21 unspecified atom stereocenters. The molecule has 0 aromatic rings. The molecule has 6 fully saturated rings. The molecule has 14 aliphatic carbocycles. The summed E-state index contributed by atoms with van der Waals surface area (Å²) in [4.78, 5) is 10.5. The summed E-state index contributed by atoms with van der Waals surface area (Å²) in [5.41, 5.74) is 13.7. The molecule has 3 aliphatic heterocycles. The predicted molar refractivity (Wildman–Crippen MR) is 374 cm³/mol. The lowest BCUT2D eigenvalue weighted by molar-refractivity contribution is -0.0624. The number of rotatable bonds is 9. The third-order valence-corrected chi connectivity index (χ3v) is 29.0. The fourth-order valence-corrected chi connectivity index (χ4v) is 24.8. The number of allylic oxidation sites excluding steroid dienone is 18. The Balaban J connectivity index is 0.925. The van der Waals surface area contributed by atoms with Crippen LogP contribution in [0.3, 0.4) is 0 Å². The van der Waals surface area contributed by atoms with Crippen LogP contribution in [-0.4, -0.2) is 75.8 Å². The summed E-state index contributed by atoms with van der Waals surface area (Å²) < 4.78 is 0. The summed E-state index contributed by atoms with van der Waals surface area (Å²) in [6.07, 6.45) is 92.8. The standard InChI is InChI=1S/C85H114BN3/c1-83(2,3)63-48-68(57-30-15-9-16-31-57)81(69(49-63)58-34-19-20-35-58)88-76-43-41-60(55-26-11-7-12-27-55)46-72(76)86-73-47-61(56-28-13-8-14-29-56)42-44-77(73)89(79-53-65(52-78(88)80(79)86)87-74-39-23-21-37-66(74)67-38-22-24-40-75(67)87)82-70(59-32-17-10-18-33-59)50-64(84(4,5)6)51-71(82)85-45-25-36-62(85)54-85/h7,10-13,17,21-23,26,28,30,34,37-38,41,43,46-47,49-50,55-56,59,61-65,67-68,71-72,74-82H,8-9,14-16,18-20,24-25,27,29,31-33,35-36,39-40,42,44-45,48,51-54H2,1-6H3/t55?,56?,59?,61?,62?,63?,64?,65-,67?,68?,71?,72?,74?,75?,76?,77?,78?,79?,80?,81?,82?,85?/m0/s1. The van der Waals surface area contributed by atoms with Gasteiger partial charge in [0.25, 0.3) is 0 Å². The molecule has 17 rings (SSSR count). The number of hydrogen-bond acceptors (Lipinski definition) is 3. The summed E-state index contributed by atoms with van der Waals surface area (Å²) in [5.74, 6) is 7.45. The molecule has 3 nitrogen and oxygen atoms in total. The van der Waals surface area contributed by atoms with E-state index in [-0.39, 0.29) is 10.8 Å². The Morgan fingerprint density at radius 3 is 2.16 bits per heavy atom. The second-order valence-electron chi connectivity index (χ2n) is 35.3. The van der Waals surface area contributed by atoms with Gasteiger partial charge in [-0.3, -0.25) is 14.7 Å². The monoisotopic (exact) mass is 1190 g/mol. The first kappa shape index (κ1) is 59.1. The Labute approximate surface area is 541 Å². The lowest BCUT2D eigenvalue weighted by Crippen LogP contribution is -2.76. The van der Waals surface area contributed by atoms with Crippen LogP contribution in [0.5, 0.6) is 0 Å². The van der Waals surface area contributed by atoms with E-state index in [1.807, 2.05) is 16.6 Å². The Hall–Kier alpha value is -3.70. The predicted octanol–water partition coefficient (Wildman–Crippen LogP) is 20.4. The maximum Gasteiger partial charge on any atom is 0.187 e. The Morgan fingerprint density at radius 2 is 1.40 bits per heavy atom. The maximum atomic E-state index is 3.66. The summed E-state index contributed by atoms with van der Waals surface area (Å²) in [6.45, 7) is 16.3. The fourth-order valence-electron chi connectivity index (χ4n) is 24.8. The quantitative estimate of drug-likeness (QED) is 0.168. The van der Waals surface area contributed by atoms with E-state index in [1.54, 1.807) is 22.3 Å². The molecule has 89 heavy (non-hydrogen) atoms. The topological polar surface area (TPSA) is 9.72 Å². The highest BCUT2D eigenvalue weighted by atomic mass is 15.3. The van der Waals surface area contributed by atoms with Crippen LogP contribution in [0.2, 0.25) is 11.6 Å². The zero-order valence-electron chi connectivity index (χ0n) is 56.3. The minimum atomic E-state index is 0.210. The zero-order chi connectivity index (χ0) is 59.9. The van der Waals surface area contributed by atoms with Gasteiger partial charge in [-0.15, -0.1) is 0 Å². The highest BCUT2D eigenvalue weighted by Gasteiger charge is 2.70. The van der Waals surface area contributed by atoms with E-state index in [2.05, 4.69) is 184 Å². The normalized spacial score (nSPS) is 45.0. The van der Waals surface area contributed by atoms with Crippen molar-refractivity contribution in [3.8, 4) is 0 Å². The van der Waals surface area contributed by atoms with Crippen LogP contribution in [0.4, 0.5) is 0 Å². The SMILES string of the molecule is CC(C)(C)C1C=C(C2=CCCC2)C(N2C3C=CC(C4C=CC=CC4)=CC3B3C4=CC(C5C=CCCC5)CCC4N(C4C(C5CC=CCC5)=CC(C(C)(C)C)CC4C45CCCC4C5)C4C[C@@H](N5C6CC=CC=C6C6C=CCCC65)CC2C34)C(C2=CCCCC2)C1. The van der Waals surface area contributed by atoms with Gasteiger partial charge in [-0.25, -0.2) is 0 Å². The molecule has 3 saturated carbocycles. The van der Waals surface area contributed by atoms with E-state index in [4.69, 9.17) is 0 Å². The van der Waals surface area contributed by atoms with Crippen molar-refractivity contribution in [1.29, 1.82) is 0 Å². The van der Waals surface area contributed by atoms with Crippen molar-refractivity contribution in [1.82, 2.24) is 14.7 Å². The van der Waals surface area contributed by atoms with Gasteiger partial charge in [0.2, 0.25) is 0 Å². The third kappa shape index (κ3) is 10.1. The highest BCUT2D eigenvalue weighted by molar-refractivity contribution is 6.72. The summed E-state index contributed by atoms with van der Waals surface area (Å²) in [5, 5.41) is 0. The lowest BCUT2D eigenvalue weighted by Gasteiger charge is -2.69. The van der Waals surface area contributed by atoms with Gasteiger partial charge in [0.05, 0.1) is 0 Å². The summed E-state index contributed by atoms with van der Waals surface area (Å²) in [7, 11) is 0. The van der Waals surface area contributed by atoms with Crippen LogP contribution in [0.25, 0.3) is 0 Å². The molecule has 0 bridgehead atoms. The minimum Gasteiger partial charge on any atom is -0.289 e. The molecule has 0 N–H and O–H groups in total. The van der Waals surface area contributed by atoms with Crippen molar-refractivity contribution in [2.24, 2.45) is 75.4 Å². The second kappa shape index (κ2) is 23.3. The first-order chi connectivity index (χ1) is 43.4. The van der Waals surface area contributed by atoms with Gasteiger partial charge in [0.15, 0.2) is 6.71 Å². The molecule has 0 aromatic heterocycles. The lowest BCUT2D eigenvalue weighted by atomic mass is 9.21. The third-order valence-electron chi connectivity index (χ3n) is 29.0. The summed E-state index contributed by atoms with van der Waals surface area (Å²) in [6, 6.07) is 4.47. The molecule has 4 heteroatoms. The van der Waals surface area contributed by atoms with Gasteiger partial charge < -0.3 is 0 Å². The Morgan fingerprint density at radius 1 is 0.562 bits per heavy atom. The van der Waals surface area contributed by atoms with Crippen LogP contribution in [0.1, 0.15) is 215 Å². The molecule has 472 valence electrons.